The summed E-state index contributed by atoms with van der Waals surface area (Å²) in [6.45, 7) is 1.90. The first kappa shape index (κ1) is 13.6. The number of hydrogen-bond acceptors (Lipinski definition) is 2. The molecule has 1 saturated carbocycles. The highest BCUT2D eigenvalue weighted by molar-refractivity contribution is 6.31. The lowest BCUT2D eigenvalue weighted by atomic mass is 9.82. The van der Waals surface area contributed by atoms with Crippen LogP contribution in [-0.2, 0) is 0 Å². The van der Waals surface area contributed by atoms with Crippen molar-refractivity contribution in [1.29, 1.82) is 0 Å². The van der Waals surface area contributed by atoms with Crippen LogP contribution in [0.1, 0.15) is 48.0 Å². The van der Waals surface area contributed by atoms with Gasteiger partial charge in [0.1, 0.15) is 6.10 Å². The second-order valence-electron chi connectivity index (χ2n) is 5.17. The number of carbonyl (C=O) groups is 1. The van der Waals surface area contributed by atoms with Crippen LogP contribution in [0.4, 0.5) is 0 Å². The lowest BCUT2D eigenvalue weighted by Crippen LogP contribution is -2.31. The second kappa shape index (κ2) is 5.85. The van der Waals surface area contributed by atoms with Crippen LogP contribution in [0.2, 0.25) is 5.02 Å². The van der Waals surface area contributed by atoms with E-state index in [9.17, 15) is 9.90 Å². The number of Topliss-reactive ketones (excluding diaryl/α,β-unsaturated/α-hetero) is 1. The fourth-order valence-corrected chi connectivity index (χ4v) is 2.76. The van der Waals surface area contributed by atoms with Crippen LogP contribution < -0.4 is 0 Å². The summed E-state index contributed by atoms with van der Waals surface area (Å²) >= 11 is 6.01. The van der Waals surface area contributed by atoms with Gasteiger partial charge in [0.05, 0.1) is 0 Å². The quantitative estimate of drug-likeness (QED) is 0.846. The van der Waals surface area contributed by atoms with E-state index in [1.165, 1.54) is 6.42 Å². The fraction of sp³-hybridized carbons (Fsp3) is 0.533. The molecule has 0 heterocycles. The number of aliphatic hydroxyl groups is 1. The van der Waals surface area contributed by atoms with Gasteiger partial charge in [-0.25, -0.2) is 0 Å². The van der Waals surface area contributed by atoms with E-state index in [0.717, 1.165) is 31.2 Å². The molecule has 0 radical (unpaired) electrons. The number of ketones is 1. The summed E-state index contributed by atoms with van der Waals surface area (Å²) in [5, 5.41) is 10.7. The van der Waals surface area contributed by atoms with Crippen LogP contribution in [-0.4, -0.2) is 17.0 Å². The first-order valence-corrected chi connectivity index (χ1v) is 6.96. The van der Waals surface area contributed by atoms with Gasteiger partial charge in [0.25, 0.3) is 0 Å². The molecule has 0 spiro atoms. The Morgan fingerprint density at radius 3 is 2.61 bits per heavy atom. The van der Waals surface area contributed by atoms with Gasteiger partial charge in [-0.15, -0.1) is 0 Å². The zero-order valence-corrected chi connectivity index (χ0v) is 11.4. The summed E-state index contributed by atoms with van der Waals surface area (Å²) in [5.74, 6) is -0.0740. The molecule has 1 atom stereocenters. The van der Waals surface area contributed by atoms with E-state index >= 15 is 0 Å². The van der Waals surface area contributed by atoms with Crippen molar-refractivity contribution in [2.45, 2.75) is 45.1 Å². The van der Waals surface area contributed by atoms with Crippen LogP contribution in [0.5, 0.6) is 0 Å². The third kappa shape index (κ3) is 2.93. The Hall–Kier alpha value is -0.860. The minimum absolute atomic E-state index is 0.117. The van der Waals surface area contributed by atoms with Gasteiger partial charge in [0, 0.05) is 10.6 Å². The van der Waals surface area contributed by atoms with Gasteiger partial charge in [-0.05, 0) is 37.3 Å². The zero-order valence-electron chi connectivity index (χ0n) is 10.7. The van der Waals surface area contributed by atoms with E-state index in [1.807, 2.05) is 13.0 Å². The monoisotopic (exact) mass is 266 g/mol. The summed E-state index contributed by atoms with van der Waals surface area (Å²) in [4.78, 5) is 12.2. The van der Waals surface area contributed by atoms with Crippen molar-refractivity contribution in [2.24, 2.45) is 5.92 Å². The Labute approximate surface area is 113 Å². The van der Waals surface area contributed by atoms with E-state index in [4.69, 9.17) is 11.6 Å². The molecule has 2 rings (SSSR count). The Bertz CT molecular complexity index is 436. The van der Waals surface area contributed by atoms with E-state index in [2.05, 4.69) is 0 Å². The first-order chi connectivity index (χ1) is 8.59. The number of carbonyl (C=O) groups excluding carboxylic acids is 1. The molecule has 0 bridgehead atoms. The van der Waals surface area contributed by atoms with Crippen LogP contribution >= 0.6 is 11.6 Å². The molecular weight excluding hydrogens is 248 g/mol. The van der Waals surface area contributed by atoms with E-state index in [-0.39, 0.29) is 11.7 Å². The second-order valence-corrected chi connectivity index (χ2v) is 5.58. The Kier molecular flexibility index (Phi) is 4.41. The molecule has 0 aromatic heterocycles. The lowest BCUT2D eigenvalue weighted by molar-refractivity contribution is 0.0534. The predicted octanol–water partition coefficient (Wildman–Crippen LogP) is 3.77. The molecular formula is C15H19ClO2. The van der Waals surface area contributed by atoms with Gasteiger partial charge < -0.3 is 5.11 Å². The highest BCUT2D eigenvalue weighted by Crippen LogP contribution is 2.28. The summed E-state index contributed by atoms with van der Waals surface area (Å²) in [7, 11) is 0. The van der Waals surface area contributed by atoms with Crippen LogP contribution in [0, 0.1) is 12.8 Å². The van der Waals surface area contributed by atoms with Gasteiger partial charge in [-0.2, -0.15) is 0 Å². The number of aliphatic hydroxyl groups excluding tert-OH is 1. The van der Waals surface area contributed by atoms with Gasteiger partial charge in [0.2, 0.25) is 0 Å². The van der Waals surface area contributed by atoms with E-state index in [0.29, 0.717) is 10.6 Å². The molecule has 1 fully saturated rings. The van der Waals surface area contributed by atoms with Crippen molar-refractivity contribution < 1.29 is 9.90 Å². The van der Waals surface area contributed by atoms with Crippen molar-refractivity contribution in [2.75, 3.05) is 0 Å². The van der Waals surface area contributed by atoms with Crippen molar-refractivity contribution in [3.63, 3.8) is 0 Å². The predicted molar refractivity (Wildman–Crippen MR) is 73.1 cm³/mol. The topological polar surface area (TPSA) is 37.3 Å². The Morgan fingerprint density at radius 1 is 1.33 bits per heavy atom. The van der Waals surface area contributed by atoms with E-state index < -0.39 is 6.10 Å². The molecule has 0 saturated heterocycles. The molecule has 0 amide bonds. The molecule has 1 aliphatic carbocycles. The number of hydrogen-bond donors (Lipinski definition) is 1. The van der Waals surface area contributed by atoms with E-state index in [1.54, 1.807) is 12.1 Å². The summed E-state index contributed by atoms with van der Waals surface area (Å²) in [5.41, 5.74) is 1.46. The average molecular weight is 267 g/mol. The normalized spacial score (nSPS) is 18.6. The average Bonchev–Trinajstić information content (AvgIpc) is 2.41. The molecule has 0 aliphatic heterocycles. The SMILES string of the molecule is Cc1ccc(C(=O)C(O)C2CCCCC2)cc1Cl. The van der Waals surface area contributed by atoms with Crippen molar-refractivity contribution >= 4 is 17.4 Å². The maximum atomic E-state index is 12.2. The lowest BCUT2D eigenvalue weighted by Gasteiger charge is -2.25. The molecule has 1 unspecified atom stereocenters. The van der Waals surface area contributed by atoms with Gasteiger partial charge >= 0.3 is 0 Å². The maximum Gasteiger partial charge on any atom is 0.191 e. The number of rotatable bonds is 3. The van der Waals surface area contributed by atoms with Crippen LogP contribution in [0.3, 0.4) is 0 Å². The first-order valence-electron chi connectivity index (χ1n) is 6.58. The number of aryl methyl sites for hydroxylation is 1. The minimum atomic E-state index is -0.871. The minimum Gasteiger partial charge on any atom is -0.385 e. The highest BCUT2D eigenvalue weighted by Gasteiger charge is 2.28. The van der Waals surface area contributed by atoms with Crippen LogP contribution in [0.15, 0.2) is 18.2 Å². The molecule has 1 aliphatic rings. The van der Waals surface area contributed by atoms with Gasteiger partial charge in [-0.3, -0.25) is 4.79 Å². The van der Waals surface area contributed by atoms with Gasteiger partial charge in [-0.1, -0.05) is 43.0 Å². The third-order valence-corrected chi connectivity index (χ3v) is 4.23. The van der Waals surface area contributed by atoms with Crippen LogP contribution in [0.25, 0.3) is 0 Å². The third-order valence-electron chi connectivity index (χ3n) is 3.82. The summed E-state index contributed by atoms with van der Waals surface area (Å²) < 4.78 is 0. The van der Waals surface area contributed by atoms with Crippen molar-refractivity contribution in [1.82, 2.24) is 0 Å². The molecule has 2 nitrogen and oxygen atoms in total. The molecule has 1 aromatic rings. The maximum absolute atomic E-state index is 12.2. The fourth-order valence-electron chi connectivity index (χ4n) is 2.58. The summed E-state index contributed by atoms with van der Waals surface area (Å²) in [6, 6.07) is 5.23. The Morgan fingerprint density at radius 2 is 2.00 bits per heavy atom. The van der Waals surface area contributed by atoms with Gasteiger partial charge in [0.15, 0.2) is 5.78 Å². The molecule has 3 heteroatoms. The zero-order chi connectivity index (χ0) is 13.1. The number of halogens is 1. The smallest absolute Gasteiger partial charge is 0.191 e. The highest BCUT2D eigenvalue weighted by atomic mass is 35.5. The molecule has 18 heavy (non-hydrogen) atoms. The van der Waals surface area contributed by atoms with Crippen molar-refractivity contribution in [3.8, 4) is 0 Å². The molecule has 98 valence electrons. The standard InChI is InChI=1S/C15H19ClO2/c1-10-7-8-12(9-13(10)16)15(18)14(17)11-5-3-2-4-6-11/h7-9,11,14,17H,2-6H2,1H3. The van der Waals surface area contributed by atoms with Crippen molar-refractivity contribution in [3.05, 3.63) is 34.3 Å². The molecule has 1 aromatic carbocycles. The number of benzene rings is 1. The Balaban J connectivity index is 2.11. The largest absolute Gasteiger partial charge is 0.385 e. The molecule has 1 N–H and O–H groups in total. The summed E-state index contributed by atoms with van der Waals surface area (Å²) in [6.07, 6.45) is 4.48.